The van der Waals surface area contributed by atoms with Gasteiger partial charge in [0.2, 0.25) is 5.16 Å². The van der Waals surface area contributed by atoms with E-state index in [1.165, 1.54) is 0 Å². The van der Waals surface area contributed by atoms with E-state index in [-0.39, 0.29) is 0 Å². The highest BCUT2D eigenvalue weighted by Crippen LogP contribution is 2.14. The number of rotatable bonds is 4. The molecule has 0 bridgehead atoms. The quantitative estimate of drug-likeness (QED) is 0.737. The molecule has 3 aromatic rings. The third-order valence-corrected chi connectivity index (χ3v) is 4.21. The molecule has 0 aliphatic rings. The summed E-state index contributed by atoms with van der Waals surface area (Å²) in [4.78, 5) is 0. The van der Waals surface area contributed by atoms with Gasteiger partial charge in [-0.1, -0.05) is 12.1 Å². The lowest BCUT2D eigenvalue weighted by Crippen LogP contribution is -2.06. The van der Waals surface area contributed by atoms with E-state index < -0.39 is 10.8 Å². The Balaban J connectivity index is 1.84. The Morgan fingerprint density at radius 1 is 1.18 bits per heavy atom. The predicted molar refractivity (Wildman–Crippen MR) is 84.5 cm³/mol. The fraction of sp³-hybridized carbons (Fsp3) is 0.267. The fourth-order valence-corrected chi connectivity index (χ4v) is 3.01. The average molecular weight is 315 g/mol. The van der Waals surface area contributed by atoms with Gasteiger partial charge in [0.1, 0.15) is 6.33 Å². The maximum Gasteiger partial charge on any atom is 0.221 e. The molecule has 2 aromatic heterocycles. The molecule has 0 aliphatic heterocycles. The lowest BCUT2D eigenvalue weighted by atomic mass is 10.2. The van der Waals surface area contributed by atoms with Crippen LogP contribution in [0.1, 0.15) is 17.0 Å². The molecular weight excluding hydrogens is 298 g/mol. The van der Waals surface area contributed by atoms with Crippen LogP contribution in [0.4, 0.5) is 0 Å². The molecule has 0 amide bonds. The Hall–Kier alpha value is -2.28. The first-order valence-corrected chi connectivity index (χ1v) is 8.44. The molecule has 0 fully saturated rings. The van der Waals surface area contributed by atoms with Gasteiger partial charge in [0.25, 0.3) is 0 Å². The Labute approximate surface area is 131 Å². The number of benzene rings is 1. The van der Waals surface area contributed by atoms with Gasteiger partial charge in [0, 0.05) is 11.9 Å². The molecule has 0 aliphatic carbocycles. The molecule has 6 nitrogen and oxygen atoms in total. The highest BCUT2D eigenvalue weighted by Gasteiger charge is 2.09. The van der Waals surface area contributed by atoms with Crippen LogP contribution in [-0.4, -0.2) is 35.0 Å². The number of hydrogen-bond acceptors (Lipinski definition) is 4. The van der Waals surface area contributed by atoms with E-state index in [1.54, 1.807) is 17.2 Å². The monoisotopic (exact) mass is 315 g/mol. The van der Waals surface area contributed by atoms with Gasteiger partial charge in [-0.05, 0) is 37.6 Å². The van der Waals surface area contributed by atoms with Crippen LogP contribution in [0.15, 0.2) is 41.8 Å². The van der Waals surface area contributed by atoms with Gasteiger partial charge in [0.15, 0.2) is 0 Å². The molecule has 3 rings (SSSR count). The van der Waals surface area contributed by atoms with E-state index >= 15 is 0 Å². The lowest BCUT2D eigenvalue weighted by molar-refractivity contribution is 0.653. The summed E-state index contributed by atoms with van der Waals surface area (Å²) in [5, 5.41) is 12.7. The van der Waals surface area contributed by atoms with Gasteiger partial charge in [-0.25, -0.2) is 4.68 Å². The van der Waals surface area contributed by atoms with Gasteiger partial charge >= 0.3 is 0 Å². The van der Waals surface area contributed by atoms with E-state index in [2.05, 4.69) is 15.3 Å². The Morgan fingerprint density at radius 3 is 2.50 bits per heavy atom. The normalized spacial score (nSPS) is 12.5. The zero-order valence-electron chi connectivity index (χ0n) is 12.7. The van der Waals surface area contributed by atoms with Gasteiger partial charge in [-0.15, -0.1) is 10.2 Å². The molecule has 22 heavy (non-hydrogen) atoms. The van der Waals surface area contributed by atoms with E-state index in [0.29, 0.717) is 11.7 Å². The third kappa shape index (κ3) is 2.85. The van der Waals surface area contributed by atoms with Crippen LogP contribution in [0.3, 0.4) is 0 Å². The van der Waals surface area contributed by atoms with Crippen molar-refractivity contribution < 1.29 is 4.21 Å². The van der Waals surface area contributed by atoms with Gasteiger partial charge < -0.3 is 4.57 Å². The maximum absolute atomic E-state index is 11.6. The number of aryl methyl sites for hydroxylation is 2. The van der Waals surface area contributed by atoms with Crippen molar-refractivity contribution in [3.8, 4) is 5.69 Å². The first-order valence-electron chi connectivity index (χ1n) is 6.88. The minimum Gasteiger partial charge on any atom is -0.302 e. The minimum absolute atomic E-state index is 0.489. The average Bonchev–Trinajstić information content (AvgIpc) is 3.06. The largest absolute Gasteiger partial charge is 0.302 e. The molecule has 7 heteroatoms. The highest BCUT2D eigenvalue weighted by molar-refractivity contribution is 7.84. The van der Waals surface area contributed by atoms with Crippen LogP contribution in [-0.2, 0) is 17.3 Å². The zero-order valence-corrected chi connectivity index (χ0v) is 13.5. The Bertz CT molecular complexity index is 819. The molecule has 0 radical (unpaired) electrons. The summed E-state index contributed by atoms with van der Waals surface area (Å²) < 4.78 is 15.3. The number of nitrogens with zero attached hydrogens (tertiary/aromatic N) is 5. The summed E-state index contributed by atoms with van der Waals surface area (Å²) in [6, 6.07) is 10.2. The number of aromatic nitrogens is 5. The van der Waals surface area contributed by atoms with Crippen LogP contribution < -0.4 is 0 Å². The molecule has 0 spiro atoms. The second kappa shape index (κ2) is 5.84. The van der Waals surface area contributed by atoms with Crippen molar-refractivity contribution in [2.24, 2.45) is 0 Å². The Morgan fingerprint density at radius 2 is 1.91 bits per heavy atom. The van der Waals surface area contributed by atoms with Gasteiger partial charge in [-0.2, -0.15) is 5.10 Å². The van der Waals surface area contributed by atoms with Crippen molar-refractivity contribution in [1.82, 2.24) is 24.5 Å². The molecule has 0 N–H and O–H groups in total. The summed E-state index contributed by atoms with van der Waals surface area (Å²) in [5.41, 5.74) is 4.23. The van der Waals surface area contributed by atoms with Gasteiger partial charge in [0.05, 0.1) is 28.7 Å². The summed E-state index contributed by atoms with van der Waals surface area (Å²) >= 11 is 0. The standard InChI is InChI=1S/C15H17N5OS/c1-11-8-12(2)20(18-11)14-6-4-13(5-7-14)9-19-10-16-17-15(19)22(3)21/h4-8,10H,9H2,1-3H3. The zero-order chi connectivity index (χ0) is 15.7. The second-order valence-electron chi connectivity index (χ2n) is 5.20. The molecule has 1 atom stereocenters. The highest BCUT2D eigenvalue weighted by atomic mass is 32.2. The number of hydrogen-bond donors (Lipinski definition) is 0. The van der Waals surface area contributed by atoms with Crippen molar-refractivity contribution >= 4 is 10.8 Å². The minimum atomic E-state index is -1.14. The first kappa shape index (κ1) is 14.6. The van der Waals surface area contributed by atoms with Crippen LogP contribution >= 0.6 is 0 Å². The van der Waals surface area contributed by atoms with Crippen LogP contribution in [0.5, 0.6) is 0 Å². The lowest BCUT2D eigenvalue weighted by Gasteiger charge is -2.08. The van der Waals surface area contributed by atoms with Crippen molar-refractivity contribution in [2.75, 3.05) is 6.26 Å². The van der Waals surface area contributed by atoms with E-state index in [9.17, 15) is 4.21 Å². The fourth-order valence-electron chi connectivity index (χ4n) is 2.40. The molecule has 0 saturated carbocycles. The summed E-state index contributed by atoms with van der Waals surface area (Å²) in [5.74, 6) is 0. The Kier molecular flexibility index (Phi) is 3.89. The van der Waals surface area contributed by atoms with Crippen molar-refractivity contribution in [2.45, 2.75) is 25.5 Å². The van der Waals surface area contributed by atoms with Gasteiger partial charge in [-0.3, -0.25) is 4.21 Å². The van der Waals surface area contributed by atoms with E-state index in [1.807, 2.05) is 48.9 Å². The molecular formula is C15H17N5OS. The third-order valence-electron chi connectivity index (χ3n) is 3.38. The topological polar surface area (TPSA) is 65.6 Å². The summed E-state index contributed by atoms with van der Waals surface area (Å²) in [6.45, 7) is 4.61. The van der Waals surface area contributed by atoms with Crippen LogP contribution in [0.25, 0.3) is 5.69 Å². The van der Waals surface area contributed by atoms with Crippen LogP contribution in [0, 0.1) is 13.8 Å². The van der Waals surface area contributed by atoms with Crippen molar-refractivity contribution in [1.29, 1.82) is 0 Å². The predicted octanol–water partition coefficient (Wildman–Crippen LogP) is 1.87. The smallest absolute Gasteiger partial charge is 0.221 e. The molecule has 2 heterocycles. The molecule has 1 aromatic carbocycles. The summed E-state index contributed by atoms with van der Waals surface area (Å²) in [7, 11) is -1.14. The van der Waals surface area contributed by atoms with E-state index in [0.717, 1.165) is 22.6 Å². The molecule has 0 saturated heterocycles. The maximum atomic E-state index is 11.6. The van der Waals surface area contributed by atoms with Crippen LogP contribution in [0.2, 0.25) is 0 Å². The molecule has 1 unspecified atom stereocenters. The first-order chi connectivity index (χ1) is 10.5. The van der Waals surface area contributed by atoms with Crippen molar-refractivity contribution in [3.63, 3.8) is 0 Å². The van der Waals surface area contributed by atoms with E-state index in [4.69, 9.17) is 0 Å². The molecule has 114 valence electrons. The van der Waals surface area contributed by atoms with Crippen molar-refractivity contribution in [3.05, 3.63) is 53.6 Å². The SMILES string of the molecule is Cc1cc(C)n(-c2ccc(Cn3cnnc3S(C)=O)cc2)n1. The second-order valence-corrected chi connectivity index (χ2v) is 6.47. The summed E-state index contributed by atoms with van der Waals surface area (Å²) in [6.07, 6.45) is 3.21.